The van der Waals surface area contributed by atoms with Gasteiger partial charge >= 0.3 is 0 Å². The van der Waals surface area contributed by atoms with Crippen molar-refractivity contribution in [3.05, 3.63) is 65.5 Å². The second kappa shape index (κ2) is 6.03. The van der Waals surface area contributed by atoms with Crippen molar-refractivity contribution in [1.29, 1.82) is 0 Å². The molecule has 0 spiro atoms. The zero-order valence-corrected chi connectivity index (χ0v) is 12.5. The minimum absolute atomic E-state index is 0.222. The first-order chi connectivity index (χ1) is 10.6. The van der Waals surface area contributed by atoms with Crippen LogP contribution in [0.15, 0.2) is 48.5 Å². The van der Waals surface area contributed by atoms with Crippen molar-refractivity contribution in [1.82, 2.24) is 10.2 Å². The molecule has 0 radical (unpaired) electrons. The number of carbonyl (C=O) groups is 1. The summed E-state index contributed by atoms with van der Waals surface area (Å²) in [5, 5.41) is 11.7. The standard InChI is InChI=1S/C16H12FN3OS/c1-10-4-2-3-5-13(10)14(21)18-16-20-19-15(22-16)11-6-8-12(17)9-7-11/h2-9H,1H3,(H,18,20,21). The lowest BCUT2D eigenvalue weighted by atomic mass is 10.1. The lowest BCUT2D eigenvalue weighted by molar-refractivity contribution is 0.102. The van der Waals surface area contributed by atoms with Crippen molar-refractivity contribution in [2.24, 2.45) is 0 Å². The van der Waals surface area contributed by atoms with Gasteiger partial charge in [-0.15, -0.1) is 10.2 Å². The number of aromatic nitrogens is 2. The summed E-state index contributed by atoms with van der Waals surface area (Å²) in [6.07, 6.45) is 0. The lowest BCUT2D eigenvalue weighted by Gasteiger charge is -2.03. The van der Waals surface area contributed by atoms with Gasteiger partial charge < -0.3 is 0 Å². The van der Waals surface area contributed by atoms with Crippen LogP contribution in [0.3, 0.4) is 0 Å². The molecule has 1 heterocycles. The van der Waals surface area contributed by atoms with Gasteiger partial charge in [0.05, 0.1) is 0 Å². The zero-order valence-electron chi connectivity index (χ0n) is 11.7. The first-order valence-corrected chi connectivity index (χ1v) is 7.41. The van der Waals surface area contributed by atoms with E-state index in [0.29, 0.717) is 15.7 Å². The third kappa shape index (κ3) is 3.01. The van der Waals surface area contributed by atoms with E-state index in [1.165, 1.54) is 23.5 Å². The molecule has 0 fully saturated rings. The molecule has 3 rings (SSSR count). The Morgan fingerprint density at radius 3 is 2.55 bits per heavy atom. The number of hydrogen-bond donors (Lipinski definition) is 1. The molecule has 3 aromatic rings. The van der Waals surface area contributed by atoms with Crippen LogP contribution in [0.5, 0.6) is 0 Å². The van der Waals surface area contributed by atoms with Crippen LogP contribution in [0.25, 0.3) is 10.6 Å². The number of nitrogens with zero attached hydrogens (tertiary/aromatic N) is 2. The molecule has 0 atom stereocenters. The average molecular weight is 313 g/mol. The fraction of sp³-hybridized carbons (Fsp3) is 0.0625. The van der Waals surface area contributed by atoms with E-state index < -0.39 is 0 Å². The maximum absolute atomic E-state index is 12.9. The molecular weight excluding hydrogens is 301 g/mol. The van der Waals surface area contributed by atoms with Crippen molar-refractivity contribution < 1.29 is 9.18 Å². The number of anilines is 1. The minimum atomic E-state index is -0.304. The van der Waals surface area contributed by atoms with E-state index in [-0.39, 0.29) is 11.7 Å². The number of halogens is 1. The monoisotopic (exact) mass is 313 g/mol. The number of hydrogen-bond acceptors (Lipinski definition) is 4. The molecular formula is C16H12FN3OS. The van der Waals surface area contributed by atoms with E-state index >= 15 is 0 Å². The molecule has 1 amide bonds. The van der Waals surface area contributed by atoms with Crippen LogP contribution in [0.2, 0.25) is 0 Å². The van der Waals surface area contributed by atoms with Crippen molar-refractivity contribution >= 4 is 22.4 Å². The molecule has 0 unspecified atom stereocenters. The Kier molecular flexibility index (Phi) is 3.93. The van der Waals surface area contributed by atoms with Gasteiger partial charge in [-0.25, -0.2) is 4.39 Å². The summed E-state index contributed by atoms with van der Waals surface area (Å²) in [4.78, 5) is 12.2. The summed E-state index contributed by atoms with van der Waals surface area (Å²) in [6.45, 7) is 1.87. The quantitative estimate of drug-likeness (QED) is 0.797. The lowest BCUT2D eigenvalue weighted by Crippen LogP contribution is -2.12. The molecule has 110 valence electrons. The van der Waals surface area contributed by atoms with Crippen LogP contribution in [0.1, 0.15) is 15.9 Å². The molecule has 0 bridgehead atoms. The van der Waals surface area contributed by atoms with Gasteiger partial charge in [-0.05, 0) is 42.8 Å². The first-order valence-electron chi connectivity index (χ1n) is 6.60. The summed E-state index contributed by atoms with van der Waals surface area (Å²) < 4.78 is 12.9. The van der Waals surface area contributed by atoms with E-state index in [2.05, 4.69) is 15.5 Å². The van der Waals surface area contributed by atoms with Crippen LogP contribution in [-0.2, 0) is 0 Å². The predicted octanol–water partition coefficient (Wildman–Crippen LogP) is 3.90. The summed E-state index contributed by atoms with van der Waals surface area (Å²) in [6, 6.07) is 13.3. The van der Waals surface area contributed by atoms with E-state index in [0.717, 1.165) is 11.1 Å². The molecule has 4 nitrogen and oxygen atoms in total. The summed E-state index contributed by atoms with van der Waals surface area (Å²) in [7, 11) is 0. The Labute approximate surface area is 130 Å². The molecule has 22 heavy (non-hydrogen) atoms. The maximum Gasteiger partial charge on any atom is 0.257 e. The van der Waals surface area contributed by atoms with E-state index in [1.54, 1.807) is 18.2 Å². The van der Waals surface area contributed by atoms with Crippen LogP contribution >= 0.6 is 11.3 Å². The van der Waals surface area contributed by atoms with Gasteiger partial charge in [-0.2, -0.15) is 0 Å². The summed E-state index contributed by atoms with van der Waals surface area (Å²) in [5.41, 5.74) is 2.25. The fourth-order valence-electron chi connectivity index (χ4n) is 1.97. The highest BCUT2D eigenvalue weighted by Crippen LogP contribution is 2.26. The second-order valence-corrected chi connectivity index (χ2v) is 5.67. The van der Waals surface area contributed by atoms with E-state index in [9.17, 15) is 9.18 Å². The maximum atomic E-state index is 12.9. The molecule has 2 aromatic carbocycles. The molecule has 6 heteroatoms. The number of benzene rings is 2. The van der Waals surface area contributed by atoms with E-state index in [1.807, 2.05) is 25.1 Å². The van der Waals surface area contributed by atoms with Crippen LogP contribution in [0, 0.1) is 12.7 Å². The fourth-order valence-corrected chi connectivity index (χ4v) is 2.72. The SMILES string of the molecule is Cc1ccccc1C(=O)Nc1nnc(-c2ccc(F)cc2)s1. The Morgan fingerprint density at radius 2 is 1.82 bits per heavy atom. The van der Waals surface area contributed by atoms with Gasteiger partial charge in [0.2, 0.25) is 5.13 Å². The third-order valence-corrected chi connectivity index (χ3v) is 4.01. The highest BCUT2D eigenvalue weighted by Gasteiger charge is 2.12. The third-order valence-electron chi connectivity index (χ3n) is 3.13. The molecule has 0 aliphatic heterocycles. The number of carbonyl (C=O) groups excluding carboxylic acids is 1. The molecule has 0 saturated carbocycles. The topological polar surface area (TPSA) is 54.9 Å². The first kappa shape index (κ1) is 14.3. The van der Waals surface area contributed by atoms with E-state index in [4.69, 9.17) is 0 Å². The van der Waals surface area contributed by atoms with Gasteiger partial charge in [-0.1, -0.05) is 29.5 Å². The minimum Gasteiger partial charge on any atom is -0.296 e. The number of rotatable bonds is 3. The summed E-state index contributed by atoms with van der Waals surface area (Å²) >= 11 is 1.24. The average Bonchev–Trinajstić information content (AvgIpc) is 2.97. The zero-order chi connectivity index (χ0) is 15.5. The number of nitrogens with one attached hydrogen (secondary N) is 1. The normalized spacial score (nSPS) is 10.5. The predicted molar refractivity (Wildman–Crippen MR) is 84.4 cm³/mol. The van der Waals surface area contributed by atoms with Gasteiger partial charge in [0, 0.05) is 11.1 Å². The van der Waals surface area contributed by atoms with Gasteiger partial charge in [0.25, 0.3) is 5.91 Å². The largest absolute Gasteiger partial charge is 0.296 e. The van der Waals surface area contributed by atoms with Crippen LogP contribution in [-0.4, -0.2) is 16.1 Å². The second-order valence-electron chi connectivity index (χ2n) is 4.69. The molecule has 0 aliphatic rings. The Bertz CT molecular complexity index is 814. The highest BCUT2D eigenvalue weighted by atomic mass is 32.1. The van der Waals surface area contributed by atoms with Crippen molar-refractivity contribution in [2.45, 2.75) is 6.92 Å². The van der Waals surface area contributed by atoms with Gasteiger partial charge in [0.15, 0.2) is 0 Å². The Morgan fingerprint density at radius 1 is 1.09 bits per heavy atom. The highest BCUT2D eigenvalue weighted by molar-refractivity contribution is 7.18. The Balaban J connectivity index is 1.78. The summed E-state index contributed by atoms with van der Waals surface area (Å²) in [5.74, 6) is -0.527. The van der Waals surface area contributed by atoms with Crippen molar-refractivity contribution in [2.75, 3.05) is 5.32 Å². The Hall–Kier alpha value is -2.60. The smallest absolute Gasteiger partial charge is 0.257 e. The van der Waals surface area contributed by atoms with Gasteiger partial charge in [-0.3, -0.25) is 10.1 Å². The van der Waals surface area contributed by atoms with Crippen molar-refractivity contribution in [3.8, 4) is 10.6 Å². The molecule has 0 aliphatic carbocycles. The molecule has 1 aromatic heterocycles. The van der Waals surface area contributed by atoms with Gasteiger partial charge in [0.1, 0.15) is 10.8 Å². The van der Waals surface area contributed by atoms with Crippen LogP contribution in [0.4, 0.5) is 9.52 Å². The number of amides is 1. The molecule has 1 N–H and O–H groups in total. The van der Waals surface area contributed by atoms with Crippen molar-refractivity contribution in [3.63, 3.8) is 0 Å². The molecule has 0 saturated heterocycles. The van der Waals surface area contributed by atoms with Crippen LogP contribution < -0.4 is 5.32 Å². The number of aryl methyl sites for hydroxylation is 1.